The summed E-state index contributed by atoms with van der Waals surface area (Å²) in [5, 5.41) is 2.96. The van der Waals surface area contributed by atoms with Crippen molar-refractivity contribution >= 4 is 17.8 Å². The van der Waals surface area contributed by atoms with Gasteiger partial charge in [0.25, 0.3) is 11.8 Å². The number of amides is 4. The van der Waals surface area contributed by atoms with Crippen molar-refractivity contribution in [2.75, 3.05) is 40.3 Å². The molecule has 188 valence electrons. The number of carbonyl (C=O) groups excluding carboxylic acids is 3. The van der Waals surface area contributed by atoms with Crippen molar-refractivity contribution in [3.8, 4) is 0 Å². The third-order valence-electron chi connectivity index (χ3n) is 6.83. The Morgan fingerprint density at radius 3 is 2.35 bits per heavy atom. The van der Waals surface area contributed by atoms with E-state index in [9.17, 15) is 27.6 Å². The van der Waals surface area contributed by atoms with Crippen molar-refractivity contribution in [2.45, 2.75) is 45.1 Å². The smallest absolute Gasteiger partial charge is 0.325 e. The molecule has 4 amide bonds. The zero-order valence-corrected chi connectivity index (χ0v) is 20.2. The summed E-state index contributed by atoms with van der Waals surface area (Å²) in [6, 6.07) is 0.953. The number of imide groups is 1. The fraction of sp³-hybridized carbons (Fsp3) is 0.625. The van der Waals surface area contributed by atoms with Crippen LogP contribution in [0.1, 0.15) is 49.9 Å². The molecule has 0 spiro atoms. The fourth-order valence-corrected chi connectivity index (χ4v) is 4.77. The molecular formula is C24H33F3N4O3. The lowest BCUT2D eigenvalue weighted by atomic mass is 9.73. The van der Waals surface area contributed by atoms with Crippen LogP contribution in [-0.2, 0) is 4.79 Å². The minimum Gasteiger partial charge on any atom is -0.338 e. The quantitative estimate of drug-likeness (QED) is 0.456. The predicted molar refractivity (Wildman–Crippen MR) is 121 cm³/mol. The standard InChI is InChI=1S/C24H33F3N4O3/c1-15(2)7-10-24(22(33)31(23(34)28-24)14-13-29(3)4)16-8-11-30(12-9-16)21(32)19-17(25)5-6-18(26)20(19)27/h5-6,15-16H,7-14H2,1-4H3,(H,28,34)/t24-/m0/s1. The number of piperidine rings is 1. The van der Waals surface area contributed by atoms with Crippen LogP contribution in [0.15, 0.2) is 12.1 Å². The summed E-state index contributed by atoms with van der Waals surface area (Å²) >= 11 is 0. The number of halogens is 3. The average Bonchev–Trinajstić information content (AvgIpc) is 3.03. The van der Waals surface area contributed by atoms with Gasteiger partial charge >= 0.3 is 6.03 Å². The second-order valence-corrected chi connectivity index (χ2v) is 9.88. The molecule has 1 aromatic carbocycles. The normalized spacial score (nSPS) is 21.7. The second kappa shape index (κ2) is 10.3. The lowest BCUT2D eigenvalue weighted by Crippen LogP contribution is -2.57. The summed E-state index contributed by atoms with van der Waals surface area (Å²) in [5.74, 6) is -5.00. The fourth-order valence-electron chi connectivity index (χ4n) is 4.77. The van der Waals surface area contributed by atoms with Crippen LogP contribution in [0.4, 0.5) is 18.0 Å². The van der Waals surface area contributed by atoms with E-state index in [4.69, 9.17) is 0 Å². The molecule has 34 heavy (non-hydrogen) atoms. The molecule has 0 bridgehead atoms. The summed E-state index contributed by atoms with van der Waals surface area (Å²) in [6.07, 6.45) is 1.94. The molecule has 1 N–H and O–H groups in total. The zero-order chi connectivity index (χ0) is 25.2. The number of benzene rings is 1. The van der Waals surface area contributed by atoms with Gasteiger partial charge in [-0.1, -0.05) is 13.8 Å². The minimum absolute atomic E-state index is 0.142. The number of hydrogen-bond acceptors (Lipinski definition) is 4. The lowest BCUT2D eigenvalue weighted by molar-refractivity contribution is -0.134. The van der Waals surface area contributed by atoms with Crippen LogP contribution in [-0.4, -0.2) is 78.4 Å². The molecule has 2 saturated heterocycles. The van der Waals surface area contributed by atoms with Gasteiger partial charge in [-0.15, -0.1) is 0 Å². The number of carbonyl (C=O) groups is 3. The molecule has 0 unspecified atom stereocenters. The van der Waals surface area contributed by atoms with Crippen LogP contribution in [0.25, 0.3) is 0 Å². The van der Waals surface area contributed by atoms with Crippen LogP contribution in [0.5, 0.6) is 0 Å². The van der Waals surface area contributed by atoms with Crippen molar-refractivity contribution in [3.05, 3.63) is 35.1 Å². The third-order valence-corrected chi connectivity index (χ3v) is 6.83. The summed E-state index contributed by atoms with van der Waals surface area (Å²) in [4.78, 5) is 43.5. The summed E-state index contributed by atoms with van der Waals surface area (Å²) in [6.45, 7) is 5.18. The number of nitrogens with zero attached hydrogens (tertiary/aromatic N) is 3. The van der Waals surface area contributed by atoms with Crippen molar-refractivity contribution < 1.29 is 27.6 Å². The predicted octanol–water partition coefficient (Wildman–Crippen LogP) is 3.24. The highest BCUT2D eigenvalue weighted by Crippen LogP contribution is 2.38. The average molecular weight is 483 g/mol. The van der Waals surface area contributed by atoms with E-state index in [2.05, 4.69) is 5.32 Å². The molecule has 3 rings (SSSR count). The number of nitrogens with one attached hydrogen (secondary N) is 1. The monoisotopic (exact) mass is 482 g/mol. The van der Waals surface area contributed by atoms with E-state index in [1.165, 1.54) is 9.80 Å². The number of urea groups is 1. The van der Waals surface area contributed by atoms with Gasteiger partial charge in [-0.25, -0.2) is 18.0 Å². The number of hydrogen-bond donors (Lipinski definition) is 1. The Balaban J connectivity index is 1.78. The third kappa shape index (κ3) is 5.06. The van der Waals surface area contributed by atoms with E-state index in [0.29, 0.717) is 37.8 Å². The van der Waals surface area contributed by atoms with Crippen molar-refractivity contribution in [1.82, 2.24) is 20.0 Å². The van der Waals surface area contributed by atoms with Crippen molar-refractivity contribution in [3.63, 3.8) is 0 Å². The van der Waals surface area contributed by atoms with E-state index in [0.717, 1.165) is 12.5 Å². The van der Waals surface area contributed by atoms with Crippen LogP contribution >= 0.6 is 0 Å². The van der Waals surface area contributed by atoms with Crippen LogP contribution in [0.2, 0.25) is 0 Å². The topological polar surface area (TPSA) is 73.0 Å². The Morgan fingerprint density at radius 2 is 1.76 bits per heavy atom. The molecule has 0 saturated carbocycles. The van der Waals surface area contributed by atoms with Crippen molar-refractivity contribution in [2.24, 2.45) is 11.8 Å². The molecule has 7 nitrogen and oxygen atoms in total. The Bertz CT molecular complexity index is 948. The first-order valence-corrected chi connectivity index (χ1v) is 11.7. The minimum atomic E-state index is -1.50. The highest BCUT2D eigenvalue weighted by Gasteiger charge is 2.55. The maximum absolute atomic E-state index is 14.1. The summed E-state index contributed by atoms with van der Waals surface area (Å²) in [7, 11) is 3.73. The first kappa shape index (κ1) is 26.0. The molecule has 2 aliphatic rings. The molecule has 0 aliphatic carbocycles. The second-order valence-electron chi connectivity index (χ2n) is 9.88. The van der Waals surface area contributed by atoms with Gasteiger partial charge in [-0.05, 0) is 63.7 Å². The van der Waals surface area contributed by atoms with Gasteiger partial charge in [0.15, 0.2) is 11.6 Å². The zero-order valence-electron chi connectivity index (χ0n) is 20.2. The van der Waals surface area contributed by atoms with Gasteiger partial charge in [0, 0.05) is 26.2 Å². The number of likely N-dealkylation sites (tertiary alicyclic amines) is 1. The first-order chi connectivity index (χ1) is 16.0. The van der Waals surface area contributed by atoms with Gasteiger partial charge < -0.3 is 15.1 Å². The Labute approximate surface area is 198 Å². The highest BCUT2D eigenvalue weighted by atomic mass is 19.2. The molecule has 2 heterocycles. The van der Waals surface area contributed by atoms with Crippen molar-refractivity contribution in [1.29, 1.82) is 0 Å². The van der Waals surface area contributed by atoms with E-state index >= 15 is 0 Å². The Hall–Kier alpha value is -2.62. The molecule has 2 fully saturated rings. The first-order valence-electron chi connectivity index (χ1n) is 11.7. The maximum Gasteiger partial charge on any atom is 0.325 e. The molecule has 0 radical (unpaired) electrons. The Morgan fingerprint density at radius 1 is 1.15 bits per heavy atom. The van der Waals surface area contributed by atoms with Gasteiger partial charge in [0.05, 0.1) is 0 Å². The molecule has 10 heteroatoms. The molecular weight excluding hydrogens is 449 g/mol. The number of likely N-dealkylation sites (N-methyl/N-ethyl adjacent to an activating group) is 1. The number of rotatable bonds is 8. The van der Waals surface area contributed by atoms with Crippen LogP contribution in [0.3, 0.4) is 0 Å². The Kier molecular flexibility index (Phi) is 7.90. The molecule has 1 atom stereocenters. The van der Waals surface area contributed by atoms with Gasteiger partial charge in [-0.2, -0.15) is 0 Å². The molecule has 1 aromatic rings. The van der Waals surface area contributed by atoms with Gasteiger partial charge in [0.2, 0.25) is 0 Å². The van der Waals surface area contributed by atoms with E-state index in [-0.39, 0.29) is 31.5 Å². The summed E-state index contributed by atoms with van der Waals surface area (Å²) in [5.41, 5.74) is -1.98. The maximum atomic E-state index is 14.1. The van der Waals surface area contributed by atoms with E-state index in [1.54, 1.807) is 0 Å². The lowest BCUT2D eigenvalue weighted by Gasteiger charge is -2.41. The van der Waals surface area contributed by atoms with E-state index in [1.807, 2.05) is 32.8 Å². The van der Waals surface area contributed by atoms with Gasteiger partial charge in [-0.3, -0.25) is 14.5 Å². The largest absolute Gasteiger partial charge is 0.338 e. The van der Waals surface area contributed by atoms with Crippen LogP contribution in [0, 0.1) is 29.3 Å². The van der Waals surface area contributed by atoms with E-state index < -0.39 is 40.5 Å². The molecule has 0 aromatic heterocycles. The highest BCUT2D eigenvalue weighted by molar-refractivity contribution is 6.07. The molecule has 2 aliphatic heterocycles. The van der Waals surface area contributed by atoms with Gasteiger partial charge in [0.1, 0.15) is 16.9 Å². The summed E-state index contributed by atoms with van der Waals surface area (Å²) < 4.78 is 41.8. The SMILES string of the molecule is CC(C)CC[C@@]1(C2CCN(C(=O)c3c(F)ccc(F)c3F)CC2)NC(=O)N(CCN(C)C)C1=O. The van der Waals surface area contributed by atoms with Crippen LogP contribution < -0.4 is 5.32 Å².